The summed E-state index contributed by atoms with van der Waals surface area (Å²) < 4.78 is 2.28. The van der Waals surface area contributed by atoms with Crippen molar-refractivity contribution in [3.63, 3.8) is 0 Å². The average Bonchev–Trinajstić information content (AvgIpc) is 3.43. The Kier molecular flexibility index (Phi) is 6.46. The summed E-state index contributed by atoms with van der Waals surface area (Å²) in [6, 6.07) is 39.1. The molecule has 0 unspecified atom stereocenters. The number of rotatable bonds is 5. The molecule has 0 N–H and O–H groups in total. The fraction of sp³-hybridized carbons (Fsp3) is 0.108. The van der Waals surface area contributed by atoms with Gasteiger partial charge in [0.05, 0.1) is 5.69 Å². The Hall–Kier alpha value is -4.69. The van der Waals surface area contributed by atoms with E-state index in [-0.39, 0.29) is 0 Å². The summed E-state index contributed by atoms with van der Waals surface area (Å²) in [5.41, 5.74) is 14.6. The first-order chi connectivity index (χ1) is 19.0. The maximum Gasteiger partial charge on any atom is 0.144 e. The third-order valence-electron chi connectivity index (χ3n) is 7.63. The van der Waals surface area contributed by atoms with E-state index in [1.807, 2.05) is 6.20 Å². The number of aromatic nitrogens is 2. The minimum absolute atomic E-state index is 0.933. The smallest absolute Gasteiger partial charge is 0.144 e. The highest BCUT2D eigenvalue weighted by molar-refractivity contribution is 5.94. The second-order valence-corrected chi connectivity index (χ2v) is 10.3. The predicted octanol–water partition coefficient (Wildman–Crippen LogP) is 9.77. The highest BCUT2D eigenvalue weighted by Gasteiger charge is 2.23. The van der Waals surface area contributed by atoms with Crippen molar-refractivity contribution in [2.24, 2.45) is 0 Å². The number of nitrogens with zero attached hydrogens (tertiary/aromatic N) is 2. The van der Waals surface area contributed by atoms with Gasteiger partial charge in [-0.2, -0.15) is 0 Å². The van der Waals surface area contributed by atoms with Gasteiger partial charge in [0, 0.05) is 29.1 Å². The first-order valence-electron chi connectivity index (χ1n) is 13.5. The van der Waals surface area contributed by atoms with Gasteiger partial charge >= 0.3 is 0 Å². The molecule has 0 atom stereocenters. The predicted molar refractivity (Wildman–Crippen MR) is 164 cm³/mol. The lowest BCUT2D eigenvalue weighted by Gasteiger charge is -2.24. The highest BCUT2D eigenvalue weighted by Crippen LogP contribution is 2.44. The summed E-state index contributed by atoms with van der Waals surface area (Å²) >= 11 is 0. The fourth-order valence-electron chi connectivity index (χ4n) is 5.84. The van der Waals surface area contributed by atoms with Crippen LogP contribution in [0, 0.1) is 27.7 Å². The molecular weight excluding hydrogens is 472 g/mol. The second-order valence-electron chi connectivity index (χ2n) is 10.3. The van der Waals surface area contributed by atoms with Gasteiger partial charge in [-0.15, -0.1) is 0 Å². The van der Waals surface area contributed by atoms with E-state index in [9.17, 15) is 0 Å². The van der Waals surface area contributed by atoms with Gasteiger partial charge in [-0.25, -0.2) is 4.98 Å². The molecular formula is C37H32N2. The van der Waals surface area contributed by atoms with Crippen molar-refractivity contribution < 1.29 is 0 Å². The molecule has 0 aliphatic heterocycles. The van der Waals surface area contributed by atoms with Crippen LogP contribution in [0.5, 0.6) is 0 Å². The standard InChI is InChI=1S/C37H32N2/c1-25-13-11-14-26(2)34(25)32-23-31(29-17-7-5-8-18-29)24-33(35-27(3)15-12-16-28(35)4)36(32)39-22-21-38-37(39)30-19-9-6-10-20-30/h5-24H,1-4H3. The third-order valence-corrected chi connectivity index (χ3v) is 7.63. The van der Waals surface area contributed by atoms with Gasteiger partial charge in [-0.3, -0.25) is 4.57 Å². The molecule has 0 fully saturated rings. The number of benzene rings is 5. The topological polar surface area (TPSA) is 17.8 Å². The van der Waals surface area contributed by atoms with Crippen molar-refractivity contribution >= 4 is 0 Å². The minimum Gasteiger partial charge on any atom is -0.299 e. The maximum absolute atomic E-state index is 4.87. The van der Waals surface area contributed by atoms with Crippen LogP contribution in [0.25, 0.3) is 50.5 Å². The van der Waals surface area contributed by atoms with Crippen LogP contribution >= 0.6 is 0 Å². The van der Waals surface area contributed by atoms with Crippen LogP contribution in [0.4, 0.5) is 0 Å². The Bertz CT molecular complexity index is 1660. The fourth-order valence-corrected chi connectivity index (χ4v) is 5.84. The molecule has 0 saturated carbocycles. The molecule has 0 bridgehead atoms. The van der Waals surface area contributed by atoms with E-state index in [1.54, 1.807) is 0 Å². The Morgan fingerprint density at radius 3 is 1.44 bits per heavy atom. The summed E-state index contributed by atoms with van der Waals surface area (Å²) in [5.74, 6) is 0.933. The van der Waals surface area contributed by atoms with E-state index < -0.39 is 0 Å². The molecule has 5 aromatic carbocycles. The third kappa shape index (κ3) is 4.49. The van der Waals surface area contributed by atoms with Gasteiger partial charge in [-0.1, -0.05) is 97.1 Å². The Labute approximate surface area is 231 Å². The molecule has 0 aliphatic rings. The average molecular weight is 505 g/mol. The molecule has 2 heteroatoms. The zero-order valence-electron chi connectivity index (χ0n) is 22.9. The lowest BCUT2D eigenvalue weighted by molar-refractivity contribution is 1.07. The van der Waals surface area contributed by atoms with Crippen LogP contribution in [0.1, 0.15) is 22.3 Å². The second kappa shape index (κ2) is 10.2. The van der Waals surface area contributed by atoms with Crippen LogP contribution in [0.15, 0.2) is 122 Å². The van der Waals surface area contributed by atoms with Crippen LogP contribution in [0.3, 0.4) is 0 Å². The summed E-state index contributed by atoms with van der Waals surface area (Å²) in [7, 11) is 0. The normalized spacial score (nSPS) is 11.1. The van der Waals surface area contributed by atoms with E-state index in [1.165, 1.54) is 55.6 Å². The molecule has 39 heavy (non-hydrogen) atoms. The van der Waals surface area contributed by atoms with Gasteiger partial charge in [-0.05, 0) is 84.3 Å². The molecule has 0 saturated heterocycles. The molecule has 1 aromatic heterocycles. The first kappa shape index (κ1) is 24.6. The molecule has 0 aliphatic carbocycles. The molecule has 2 nitrogen and oxygen atoms in total. The quantitative estimate of drug-likeness (QED) is 0.228. The molecule has 0 radical (unpaired) electrons. The van der Waals surface area contributed by atoms with Crippen LogP contribution in [0.2, 0.25) is 0 Å². The van der Waals surface area contributed by atoms with Crippen LogP contribution < -0.4 is 0 Å². The largest absolute Gasteiger partial charge is 0.299 e. The van der Waals surface area contributed by atoms with Crippen molar-refractivity contribution in [2.45, 2.75) is 27.7 Å². The SMILES string of the molecule is Cc1cccc(C)c1-c1cc(-c2ccccc2)cc(-c2c(C)cccc2C)c1-n1ccnc1-c1ccccc1. The molecule has 0 amide bonds. The Morgan fingerprint density at radius 1 is 0.487 bits per heavy atom. The van der Waals surface area contributed by atoms with Gasteiger partial charge in [0.15, 0.2) is 0 Å². The van der Waals surface area contributed by atoms with E-state index >= 15 is 0 Å². The summed E-state index contributed by atoms with van der Waals surface area (Å²) in [4.78, 5) is 4.87. The van der Waals surface area contributed by atoms with E-state index in [2.05, 4.69) is 148 Å². The van der Waals surface area contributed by atoms with Crippen molar-refractivity contribution in [3.05, 3.63) is 144 Å². The number of aryl methyl sites for hydroxylation is 4. The number of hydrogen-bond donors (Lipinski definition) is 0. The molecule has 1 heterocycles. The van der Waals surface area contributed by atoms with Gasteiger partial charge in [0.25, 0.3) is 0 Å². The summed E-state index contributed by atoms with van der Waals surface area (Å²) in [6.45, 7) is 8.86. The van der Waals surface area contributed by atoms with Gasteiger partial charge < -0.3 is 0 Å². The summed E-state index contributed by atoms with van der Waals surface area (Å²) in [6.07, 6.45) is 4.02. The monoisotopic (exact) mass is 504 g/mol. The maximum atomic E-state index is 4.87. The molecule has 6 aromatic rings. The Morgan fingerprint density at radius 2 is 0.949 bits per heavy atom. The van der Waals surface area contributed by atoms with Crippen molar-refractivity contribution in [3.8, 4) is 50.5 Å². The summed E-state index contributed by atoms with van der Waals surface area (Å²) in [5, 5.41) is 0. The Balaban J connectivity index is 1.80. The number of imidazole rings is 1. The van der Waals surface area contributed by atoms with Crippen molar-refractivity contribution in [1.82, 2.24) is 9.55 Å². The lowest BCUT2D eigenvalue weighted by atomic mass is 9.85. The van der Waals surface area contributed by atoms with E-state index in [0.717, 1.165) is 17.1 Å². The van der Waals surface area contributed by atoms with Crippen LogP contribution in [-0.2, 0) is 0 Å². The minimum atomic E-state index is 0.933. The molecule has 190 valence electrons. The molecule has 0 spiro atoms. The van der Waals surface area contributed by atoms with Crippen LogP contribution in [-0.4, -0.2) is 9.55 Å². The van der Waals surface area contributed by atoms with Crippen molar-refractivity contribution in [2.75, 3.05) is 0 Å². The number of hydrogen-bond acceptors (Lipinski definition) is 1. The molecule has 6 rings (SSSR count). The highest BCUT2D eigenvalue weighted by atomic mass is 15.1. The zero-order valence-corrected chi connectivity index (χ0v) is 22.9. The zero-order chi connectivity index (χ0) is 26.9. The lowest BCUT2D eigenvalue weighted by Crippen LogP contribution is -2.05. The van der Waals surface area contributed by atoms with E-state index in [0.29, 0.717) is 0 Å². The van der Waals surface area contributed by atoms with Gasteiger partial charge in [0.2, 0.25) is 0 Å². The van der Waals surface area contributed by atoms with Gasteiger partial charge in [0.1, 0.15) is 5.82 Å². The van der Waals surface area contributed by atoms with E-state index in [4.69, 9.17) is 4.98 Å². The first-order valence-corrected chi connectivity index (χ1v) is 13.5. The van der Waals surface area contributed by atoms with Crippen molar-refractivity contribution in [1.29, 1.82) is 0 Å².